The molecule has 0 fully saturated rings. The highest BCUT2D eigenvalue weighted by atomic mass is 127. The molecule has 0 aliphatic carbocycles. The maximum atomic E-state index is 11.3. The Kier molecular flexibility index (Phi) is 5.34. The van der Waals surface area contributed by atoms with Crippen LogP contribution in [0.25, 0.3) is 0 Å². The first-order valence-corrected chi connectivity index (χ1v) is 6.33. The Bertz CT molecular complexity index is 382. The van der Waals surface area contributed by atoms with Crippen molar-refractivity contribution in [2.45, 2.75) is 20.0 Å². The van der Waals surface area contributed by atoms with Crippen molar-refractivity contribution in [3.05, 3.63) is 26.8 Å². The fraction of sp³-hybridized carbons (Fsp3) is 0.364. The van der Waals surface area contributed by atoms with Gasteiger partial charge in [0.25, 0.3) is 0 Å². The molecular weight excluding hydrogens is 340 g/mol. The Morgan fingerprint density at radius 1 is 1.56 bits per heavy atom. The minimum absolute atomic E-state index is 0.0846. The van der Waals surface area contributed by atoms with Crippen molar-refractivity contribution >= 4 is 45.8 Å². The van der Waals surface area contributed by atoms with Crippen molar-refractivity contribution < 1.29 is 9.53 Å². The number of esters is 1. The van der Waals surface area contributed by atoms with Crippen LogP contribution in [0.1, 0.15) is 13.8 Å². The van der Waals surface area contributed by atoms with Crippen LogP contribution in [0, 0.1) is 3.57 Å². The molecule has 0 saturated carbocycles. The van der Waals surface area contributed by atoms with E-state index in [1.54, 1.807) is 6.07 Å². The van der Waals surface area contributed by atoms with Gasteiger partial charge < -0.3 is 10.1 Å². The maximum absolute atomic E-state index is 11.3. The van der Waals surface area contributed by atoms with E-state index in [4.69, 9.17) is 16.3 Å². The van der Waals surface area contributed by atoms with Crippen molar-refractivity contribution in [2.24, 2.45) is 0 Å². The highest BCUT2D eigenvalue weighted by Gasteiger charge is 2.06. The molecule has 5 heteroatoms. The summed E-state index contributed by atoms with van der Waals surface area (Å²) in [5.41, 5.74) is 0.880. The molecule has 16 heavy (non-hydrogen) atoms. The van der Waals surface area contributed by atoms with E-state index in [1.807, 2.05) is 26.0 Å². The zero-order valence-electron chi connectivity index (χ0n) is 9.09. The molecule has 0 aromatic heterocycles. The summed E-state index contributed by atoms with van der Waals surface area (Å²) in [6.07, 6.45) is -0.0846. The lowest BCUT2D eigenvalue weighted by Gasteiger charge is -2.10. The van der Waals surface area contributed by atoms with E-state index in [-0.39, 0.29) is 18.6 Å². The zero-order valence-corrected chi connectivity index (χ0v) is 12.0. The average molecular weight is 354 g/mol. The first kappa shape index (κ1) is 13.6. The van der Waals surface area contributed by atoms with Crippen LogP contribution >= 0.6 is 34.2 Å². The number of anilines is 1. The fourth-order valence-corrected chi connectivity index (χ4v) is 2.17. The van der Waals surface area contributed by atoms with Crippen molar-refractivity contribution in [1.82, 2.24) is 0 Å². The molecule has 0 spiro atoms. The van der Waals surface area contributed by atoms with Crippen LogP contribution in [0.2, 0.25) is 5.02 Å². The van der Waals surface area contributed by atoms with E-state index >= 15 is 0 Å². The molecule has 0 bridgehead atoms. The fourth-order valence-electron chi connectivity index (χ4n) is 1.10. The number of carbonyl (C=O) groups is 1. The first-order chi connectivity index (χ1) is 7.49. The Labute approximate surface area is 114 Å². The summed E-state index contributed by atoms with van der Waals surface area (Å²) in [5.74, 6) is -0.263. The number of carbonyl (C=O) groups excluding carboxylic acids is 1. The SMILES string of the molecule is CC(C)OC(=O)CNc1ccc(Cl)cc1I. The Hall–Kier alpha value is -0.490. The number of hydrogen-bond donors (Lipinski definition) is 1. The van der Waals surface area contributed by atoms with Crippen LogP contribution in [0.15, 0.2) is 18.2 Å². The third kappa shape index (κ3) is 4.57. The van der Waals surface area contributed by atoms with Gasteiger partial charge in [0, 0.05) is 14.3 Å². The number of ether oxygens (including phenoxy) is 1. The summed E-state index contributed by atoms with van der Waals surface area (Å²) in [7, 11) is 0. The van der Waals surface area contributed by atoms with E-state index in [0.29, 0.717) is 5.02 Å². The molecule has 0 amide bonds. The van der Waals surface area contributed by atoms with Crippen molar-refractivity contribution in [3.8, 4) is 0 Å². The second kappa shape index (κ2) is 6.30. The quantitative estimate of drug-likeness (QED) is 0.667. The summed E-state index contributed by atoms with van der Waals surface area (Å²) in [4.78, 5) is 11.3. The maximum Gasteiger partial charge on any atom is 0.325 e. The first-order valence-electron chi connectivity index (χ1n) is 4.87. The molecule has 0 atom stereocenters. The summed E-state index contributed by atoms with van der Waals surface area (Å²) >= 11 is 7.98. The lowest BCUT2D eigenvalue weighted by Crippen LogP contribution is -2.20. The molecule has 0 unspecified atom stereocenters. The Morgan fingerprint density at radius 3 is 2.81 bits per heavy atom. The van der Waals surface area contributed by atoms with Gasteiger partial charge in [-0.3, -0.25) is 4.79 Å². The topological polar surface area (TPSA) is 38.3 Å². The zero-order chi connectivity index (χ0) is 12.1. The third-order valence-electron chi connectivity index (χ3n) is 1.72. The van der Waals surface area contributed by atoms with Crippen LogP contribution in [0.3, 0.4) is 0 Å². The van der Waals surface area contributed by atoms with E-state index in [0.717, 1.165) is 9.26 Å². The minimum Gasteiger partial charge on any atom is -0.462 e. The smallest absolute Gasteiger partial charge is 0.325 e. The molecular formula is C11H13ClINO2. The normalized spacial score (nSPS) is 10.3. The van der Waals surface area contributed by atoms with Crippen molar-refractivity contribution in [2.75, 3.05) is 11.9 Å². The molecule has 1 aromatic carbocycles. The molecule has 1 rings (SSSR count). The molecule has 0 radical (unpaired) electrons. The summed E-state index contributed by atoms with van der Waals surface area (Å²) in [6, 6.07) is 5.45. The summed E-state index contributed by atoms with van der Waals surface area (Å²) in [5, 5.41) is 3.68. The molecule has 3 nitrogen and oxygen atoms in total. The van der Waals surface area contributed by atoms with Gasteiger partial charge in [0.15, 0.2) is 0 Å². The monoisotopic (exact) mass is 353 g/mol. The van der Waals surface area contributed by atoms with E-state index < -0.39 is 0 Å². The van der Waals surface area contributed by atoms with Gasteiger partial charge in [-0.05, 0) is 54.6 Å². The largest absolute Gasteiger partial charge is 0.462 e. The predicted molar refractivity (Wildman–Crippen MR) is 73.9 cm³/mol. The molecule has 0 aliphatic heterocycles. The molecule has 0 aliphatic rings. The van der Waals surface area contributed by atoms with Crippen molar-refractivity contribution in [1.29, 1.82) is 0 Å². The second-order valence-corrected chi connectivity index (χ2v) is 5.11. The lowest BCUT2D eigenvalue weighted by atomic mass is 10.3. The molecule has 1 N–H and O–H groups in total. The molecule has 88 valence electrons. The van der Waals surface area contributed by atoms with Gasteiger partial charge in [-0.1, -0.05) is 11.6 Å². The van der Waals surface area contributed by atoms with Gasteiger partial charge in [0.1, 0.15) is 6.54 Å². The Morgan fingerprint density at radius 2 is 2.25 bits per heavy atom. The molecule has 1 aromatic rings. The lowest BCUT2D eigenvalue weighted by molar-refractivity contribution is -0.145. The minimum atomic E-state index is -0.263. The second-order valence-electron chi connectivity index (χ2n) is 3.52. The van der Waals surface area contributed by atoms with E-state index in [2.05, 4.69) is 27.9 Å². The van der Waals surface area contributed by atoms with Crippen LogP contribution in [0.4, 0.5) is 5.69 Å². The molecule has 0 heterocycles. The van der Waals surface area contributed by atoms with E-state index in [9.17, 15) is 4.79 Å². The number of benzene rings is 1. The van der Waals surface area contributed by atoms with Crippen LogP contribution < -0.4 is 5.32 Å². The Balaban J connectivity index is 2.51. The van der Waals surface area contributed by atoms with Gasteiger partial charge in [0.05, 0.1) is 6.10 Å². The summed E-state index contributed by atoms with van der Waals surface area (Å²) in [6.45, 7) is 3.81. The highest BCUT2D eigenvalue weighted by Crippen LogP contribution is 2.21. The third-order valence-corrected chi connectivity index (χ3v) is 2.85. The van der Waals surface area contributed by atoms with Crippen LogP contribution in [-0.2, 0) is 9.53 Å². The molecule has 0 saturated heterocycles. The number of hydrogen-bond acceptors (Lipinski definition) is 3. The van der Waals surface area contributed by atoms with Crippen LogP contribution in [0.5, 0.6) is 0 Å². The van der Waals surface area contributed by atoms with E-state index in [1.165, 1.54) is 0 Å². The van der Waals surface area contributed by atoms with Gasteiger partial charge in [-0.15, -0.1) is 0 Å². The standard InChI is InChI=1S/C11H13ClINO2/c1-7(2)16-11(15)6-14-10-4-3-8(12)5-9(10)13/h3-5,7,14H,6H2,1-2H3. The highest BCUT2D eigenvalue weighted by molar-refractivity contribution is 14.1. The number of nitrogens with one attached hydrogen (secondary N) is 1. The van der Waals surface area contributed by atoms with Gasteiger partial charge in [0.2, 0.25) is 0 Å². The van der Waals surface area contributed by atoms with Crippen LogP contribution in [-0.4, -0.2) is 18.6 Å². The van der Waals surface area contributed by atoms with Gasteiger partial charge in [-0.25, -0.2) is 0 Å². The predicted octanol–water partition coefficient (Wildman–Crippen LogP) is 3.31. The number of halogens is 2. The van der Waals surface area contributed by atoms with Gasteiger partial charge >= 0.3 is 5.97 Å². The average Bonchev–Trinajstić information content (AvgIpc) is 2.15. The van der Waals surface area contributed by atoms with Crippen molar-refractivity contribution in [3.63, 3.8) is 0 Å². The number of rotatable bonds is 4. The van der Waals surface area contributed by atoms with Gasteiger partial charge in [-0.2, -0.15) is 0 Å². The summed E-state index contributed by atoms with van der Waals surface area (Å²) < 4.78 is 5.98.